The monoisotopic (exact) mass is 296 g/mol. The van der Waals surface area contributed by atoms with Gasteiger partial charge in [-0.3, -0.25) is 0 Å². The number of aromatic nitrogens is 1. The van der Waals surface area contributed by atoms with Crippen LogP contribution in [0.3, 0.4) is 0 Å². The minimum atomic E-state index is 0.425. The predicted molar refractivity (Wildman–Crippen MR) is 71.4 cm³/mol. The first-order chi connectivity index (χ1) is 8.25. The second-order valence-corrected chi connectivity index (χ2v) is 5.81. The summed E-state index contributed by atoms with van der Waals surface area (Å²) in [5, 5.41) is 0. The Hall–Kier alpha value is -0.610. The van der Waals surface area contributed by atoms with Crippen LogP contribution in [-0.2, 0) is 4.74 Å². The Morgan fingerprint density at radius 1 is 1.47 bits per heavy atom. The maximum Gasteiger partial charge on any atom is 0.131 e. The fraction of sp³-hybridized carbons (Fsp3) is 0.615. The van der Waals surface area contributed by atoms with Crippen molar-refractivity contribution in [3.8, 4) is 0 Å². The summed E-state index contributed by atoms with van der Waals surface area (Å²) in [5.41, 5.74) is 1.24. The molecule has 4 heteroatoms. The summed E-state index contributed by atoms with van der Waals surface area (Å²) in [5.74, 6) is 1.13. The van der Waals surface area contributed by atoms with Gasteiger partial charge in [-0.25, -0.2) is 4.98 Å². The highest BCUT2D eigenvalue weighted by atomic mass is 79.9. The number of hydrogen-bond donors (Lipinski definition) is 0. The van der Waals surface area contributed by atoms with Crippen LogP contribution in [0, 0.1) is 6.92 Å². The molecular formula is C13H17BrN2O. The predicted octanol–water partition coefficient (Wildman–Crippen LogP) is 2.91. The third kappa shape index (κ3) is 2.08. The molecule has 3 nitrogen and oxygen atoms in total. The number of pyridine rings is 1. The number of hydrogen-bond acceptors (Lipinski definition) is 3. The molecule has 0 N–H and O–H groups in total. The van der Waals surface area contributed by atoms with E-state index in [0.717, 1.165) is 23.4 Å². The first kappa shape index (κ1) is 11.5. The number of anilines is 1. The number of ether oxygens (including phenoxy) is 1. The average molecular weight is 297 g/mol. The summed E-state index contributed by atoms with van der Waals surface area (Å²) >= 11 is 3.47. The lowest BCUT2D eigenvalue weighted by atomic mass is 10.1. The summed E-state index contributed by atoms with van der Waals surface area (Å²) < 4.78 is 6.89. The smallest absolute Gasteiger partial charge is 0.131 e. The highest BCUT2D eigenvalue weighted by Gasteiger charge is 2.37. The summed E-state index contributed by atoms with van der Waals surface area (Å²) in [6, 6.07) is 2.68. The summed E-state index contributed by atoms with van der Waals surface area (Å²) in [7, 11) is 0. The largest absolute Gasteiger partial charge is 0.374 e. The third-order valence-electron chi connectivity index (χ3n) is 3.77. The van der Waals surface area contributed by atoms with Crippen LogP contribution in [0.25, 0.3) is 0 Å². The average Bonchev–Trinajstić information content (AvgIpc) is 2.77. The SMILES string of the molecule is Cc1cc(Br)cnc1N1CCOC2CCCC21. The van der Waals surface area contributed by atoms with E-state index in [1.807, 2.05) is 6.20 Å². The van der Waals surface area contributed by atoms with E-state index >= 15 is 0 Å². The molecule has 0 amide bonds. The van der Waals surface area contributed by atoms with Crippen molar-refractivity contribution < 1.29 is 4.74 Å². The molecule has 17 heavy (non-hydrogen) atoms. The fourth-order valence-electron chi connectivity index (χ4n) is 3.02. The molecule has 0 radical (unpaired) electrons. The van der Waals surface area contributed by atoms with Gasteiger partial charge in [0.25, 0.3) is 0 Å². The van der Waals surface area contributed by atoms with E-state index in [-0.39, 0.29) is 0 Å². The van der Waals surface area contributed by atoms with E-state index < -0.39 is 0 Å². The molecule has 0 spiro atoms. The van der Waals surface area contributed by atoms with Crippen LogP contribution >= 0.6 is 15.9 Å². The number of aryl methyl sites for hydroxylation is 1. The van der Waals surface area contributed by atoms with Crippen LogP contribution in [-0.4, -0.2) is 30.3 Å². The van der Waals surface area contributed by atoms with Gasteiger partial charge in [-0.05, 0) is 53.7 Å². The normalized spacial score (nSPS) is 28.2. The van der Waals surface area contributed by atoms with Gasteiger partial charge in [0.2, 0.25) is 0 Å². The lowest BCUT2D eigenvalue weighted by Gasteiger charge is -2.39. The van der Waals surface area contributed by atoms with Crippen molar-refractivity contribution in [2.45, 2.75) is 38.3 Å². The van der Waals surface area contributed by atoms with E-state index in [1.54, 1.807) is 0 Å². The minimum absolute atomic E-state index is 0.425. The van der Waals surface area contributed by atoms with Gasteiger partial charge in [-0.1, -0.05) is 0 Å². The van der Waals surface area contributed by atoms with Crippen LogP contribution in [0.2, 0.25) is 0 Å². The van der Waals surface area contributed by atoms with Crippen molar-refractivity contribution in [2.24, 2.45) is 0 Å². The molecule has 2 atom stereocenters. The lowest BCUT2D eigenvalue weighted by Crippen LogP contribution is -2.49. The Morgan fingerprint density at radius 2 is 2.35 bits per heavy atom. The zero-order chi connectivity index (χ0) is 11.8. The molecule has 0 aromatic carbocycles. The molecule has 92 valence electrons. The zero-order valence-electron chi connectivity index (χ0n) is 10.0. The standard InChI is InChI=1S/C13H17BrN2O/c1-9-7-10(14)8-15-13(9)16-5-6-17-12-4-2-3-11(12)16/h7-8,11-12H,2-6H2,1H3. The quantitative estimate of drug-likeness (QED) is 0.797. The molecule has 1 aliphatic heterocycles. The number of halogens is 1. The topological polar surface area (TPSA) is 25.4 Å². The second-order valence-electron chi connectivity index (χ2n) is 4.89. The van der Waals surface area contributed by atoms with Gasteiger partial charge in [-0.2, -0.15) is 0 Å². The molecule has 2 fully saturated rings. The molecule has 1 saturated heterocycles. The lowest BCUT2D eigenvalue weighted by molar-refractivity contribution is 0.0253. The van der Waals surface area contributed by atoms with Gasteiger partial charge in [0.1, 0.15) is 5.82 Å². The van der Waals surface area contributed by atoms with Gasteiger partial charge in [0.05, 0.1) is 18.8 Å². The van der Waals surface area contributed by atoms with Crippen LogP contribution in [0.4, 0.5) is 5.82 Å². The van der Waals surface area contributed by atoms with E-state index in [1.165, 1.54) is 24.8 Å². The second kappa shape index (κ2) is 4.58. The fourth-order valence-corrected chi connectivity index (χ4v) is 3.47. The highest BCUT2D eigenvalue weighted by molar-refractivity contribution is 9.10. The van der Waals surface area contributed by atoms with Crippen LogP contribution in [0.15, 0.2) is 16.7 Å². The first-order valence-corrected chi connectivity index (χ1v) is 7.05. The zero-order valence-corrected chi connectivity index (χ0v) is 11.6. The Morgan fingerprint density at radius 3 is 3.18 bits per heavy atom. The summed E-state index contributed by atoms with van der Waals surface area (Å²) in [6.45, 7) is 3.93. The Balaban J connectivity index is 1.91. The first-order valence-electron chi connectivity index (χ1n) is 6.26. The molecule has 2 unspecified atom stereocenters. The van der Waals surface area contributed by atoms with Crippen LogP contribution < -0.4 is 4.90 Å². The van der Waals surface area contributed by atoms with Crippen molar-refractivity contribution in [2.75, 3.05) is 18.1 Å². The Labute approximate surface area is 110 Å². The maximum atomic E-state index is 5.84. The van der Waals surface area contributed by atoms with Crippen molar-refractivity contribution >= 4 is 21.7 Å². The molecule has 2 heterocycles. The number of fused-ring (bicyclic) bond motifs is 1. The van der Waals surface area contributed by atoms with Crippen molar-refractivity contribution in [1.29, 1.82) is 0 Å². The Bertz CT molecular complexity index is 424. The van der Waals surface area contributed by atoms with Gasteiger partial charge in [0.15, 0.2) is 0 Å². The van der Waals surface area contributed by atoms with Gasteiger partial charge >= 0.3 is 0 Å². The van der Waals surface area contributed by atoms with Gasteiger partial charge in [-0.15, -0.1) is 0 Å². The minimum Gasteiger partial charge on any atom is -0.374 e. The van der Waals surface area contributed by atoms with Crippen molar-refractivity contribution in [3.05, 3.63) is 22.3 Å². The van der Waals surface area contributed by atoms with Crippen molar-refractivity contribution in [3.63, 3.8) is 0 Å². The van der Waals surface area contributed by atoms with Gasteiger partial charge < -0.3 is 9.64 Å². The van der Waals surface area contributed by atoms with Crippen molar-refractivity contribution in [1.82, 2.24) is 4.98 Å². The Kier molecular flexibility index (Phi) is 3.09. The van der Waals surface area contributed by atoms with E-state index in [2.05, 4.69) is 38.8 Å². The highest BCUT2D eigenvalue weighted by Crippen LogP contribution is 2.33. The van der Waals surface area contributed by atoms with Crippen LogP contribution in [0.1, 0.15) is 24.8 Å². The number of morpholine rings is 1. The molecule has 0 bridgehead atoms. The van der Waals surface area contributed by atoms with E-state index in [4.69, 9.17) is 4.74 Å². The van der Waals surface area contributed by atoms with Crippen LogP contribution in [0.5, 0.6) is 0 Å². The summed E-state index contributed by atoms with van der Waals surface area (Å²) in [4.78, 5) is 7.03. The van der Waals surface area contributed by atoms with E-state index in [9.17, 15) is 0 Å². The molecule has 1 aliphatic carbocycles. The van der Waals surface area contributed by atoms with Gasteiger partial charge in [0, 0.05) is 17.2 Å². The molecule has 1 aromatic heterocycles. The third-order valence-corrected chi connectivity index (χ3v) is 4.21. The number of nitrogens with zero attached hydrogens (tertiary/aromatic N) is 2. The molecule has 2 aliphatic rings. The van der Waals surface area contributed by atoms with E-state index in [0.29, 0.717) is 12.1 Å². The molecule has 1 saturated carbocycles. The molecular weight excluding hydrogens is 280 g/mol. The maximum absolute atomic E-state index is 5.84. The molecule has 1 aromatic rings. The number of rotatable bonds is 1. The summed E-state index contributed by atoms with van der Waals surface area (Å²) in [6.07, 6.45) is 6.04. The molecule has 3 rings (SSSR count).